The summed E-state index contributed by atoms with van der Waals surface area (Å²) in [5, 5.41) is 0.479. The highest BCUT2D eigenvalue weighted by Gasteiger charge is 2.24. The van der Waals surface area contributed by atoms with Crippen molar-refractivity contribution in [3.8, 4) is 11.5 Å². The third-order valence-electron chi connectivity index (χ3n) is 4.96. The highest BCUT2D eigenvalue weighted by atomic mass is 35.5. The van der Waals surface area contributed by atoms with Crippen LogP contribution in [-0.2, 0) is 20.0 Å². The molecule has 34 heavy (non-hydrogen) atoms. The molecule has 9 nitrogen and oxygen atoms in total. The van der Waals surface area contributed by atoms with E-state index in [0.29, 0.717) is 35.7 Å². The van der Waals surface area contributed by atoms with Gasteiger partial charge in [-0.05, 0) is 36.4 Å². The van der Waals surface area contributed by atoms with Crippen molar-refractivity contribution in [2.75, 3.05) is 22.7 Å². The summed E-state index contributed by atoms with van der Waals surface area (Å²) in [4.78, 5) is -0.0854. The van der Waals surface area contributed by atoms with Crippen molar-refractivity contribution >= 4 is 54.0 Å². The maximum Gasteiger partial charge on any atom is 0.295 e. The van der Waals surface area contributed by atoms with E-state index in [4.69, 9.17) is 25.5 Å². The van der Waals surface area contributed by atoms with E-state index >= 15 is 0 Å². The molecule has 0 unspecified atom stereocenters. The third kappa shape index (κ3) is 4.37. The number of rotatable bonds is 6. The summed E-state index contributed by atoms with van der Waals surface area (Å²) in [6.45, 7) is 0.672. The number of fused-ring (bicyclic) bond motifs is 2. The summed E-state index contributed by atoms with van der Waals surface area (Å²) in [5.41, 5.74) is 0.293. The number of ether oxygens (including phenoxy) is 2. The fourth-order valence-corrected chi connectivity index (χ4v) is 5.68. The summed E-state index contributed by atoms with van der Waals surface area (Å²) in [6.07, 6.45) is 0. The molecule has 0 fully saturated rings. The van der Waals surface area contributed by atoms with Gasteiger partial charge in [0.25, 0.3) is 20.0 Å². The predicted octanol–water partition coefficient (Wildman–Crippen LogP) is 4.46. The molecule has 0 aliphatic carbocycles. The quantitative estimate of drug-likeness (QED) is 0.384. The SMILES string of the molecule is O=S(=O)(Nc1ccc(Cl)cc1NS(=O)(=O)c1cc2ccccc2o1)c1ccc2c(c1)OCCO2. The normalized spacial score (nSPS) is 13.6. The number of benzene rings is 3. The van der Waals surface area contributed by atoms with E-state index in [1.165, 1.54) is 42.5 Å². The zero-order chi connectivity index (χ0) is 23.9. The number of sulfonamides is 2. The van der Waals surface area contributed by atoms with Crippen LogP contribution in [0.4, 0.5) is 11.4 Å². The Balaban J connectivity index is 1.47. The van der Waals surface area contributed by atoms with Crippen LogP contribution in [0.15, 0.2) is 81.1 Å². The summed E-state index contributed by atoms with van der Waals surface area (Å²) in [6, 6.07) is 16.5. The molecule has 2 N–H and O–H groups in total. The second-order valence-electron chi connectivity index (χ2n) is 7.31. The van der Waals surface area contributed by atoms with Crippen molar-refractivity contribution in [3.63, 3.8) is 0 Å². The van der Waals surface area contributed by atoms with Gasteiger partial charge >= 0.3 is 0 Å². The highest BCUT2D eigenvalue weighted by molar-refractivity contribution is 7.93. The van der Waals surface area contributed by atoms with Crippen molar-refractivity contribution in [2.45, 2.75) is 9.99 Å². The van der Waals surface area contributed by atoms with Gasteiger partial charge in [-0.1, -0.05) is 29.8 Å². The molecule has 0 amide bonds. The fourth-order valence-electron chi connectivity index (χ4n) is 3.37. The van der Waals surface area contributed by atoms with Crippen LogP contribution in [0.5, 0.6) is 11.5 Å². The van der Waals surface area contributed by atoms with E-state index in [9.17, 15) is 16.8 Å². The third-order valence-corrected chi connectivity index (χ3v) is 7.78. The molecule has 0 saturated carbocycles. The molecule has 3 aromatic carbocycles. The minimum atomic E-state index is -4.19. The van der Waals surface area contributed by atoms with E-state index in [2.05, 4.69) is 9.44 Å². The lowest BCUT2D eigenvalue weighted by Crippen LogP contribution is -2.19. The van der Waals surface area contributed by atoms with Gasteiger partial charge in [0.2, 0.25) is 5.09 Å². The highest BCUT2D eigenvalue weighted by Crippen LogP contribution is 2.35. The molecule has 5 rings (SSSR count). The molecule has 4 aromatic rings. The van der Waals surface area contributed by atoms with Crippen LogP contribution in [0.3, 0.4) is 0 Å². The first kappa shape index (κ1) is 22.4. The topological polar surface area (TPSA) is 124 Å². The molecule has 0 spiro atoms. The number of hydrogen-bond acceptors (Lipinski definition) is 7. The molecule has 1 aliphatic rings. The fraction of sp³-hybridized carbons (Fsp3) is 0.0909. The Labute approximate surface area is 200 Å². The van der Waals surface area contributed by atoms with E-state index in [1.54, 1.807) is 24.3 Å². The summed E-state index contributed by atoms with van der Waals surface area (Å²) in [7, 11) is -8.30. The Kier molecular flexibility index (Phi) is 5.54. The Morgan fingerprint density at radius 1 is 0.735 bits per heavy atom. The van der Waals surface area contributed by atoms with E-state index in [1.807, 2.05) is 0 Å². The zero-order valence-electron chi connectivity index (χ0n) is 17.3. The lowest BCUT2D eigenvalue weighted by Gasteiger charge is -2.19. The number of para-hydroxylation sites is 1. The molecule has 0 atom stereocenters. The van der Waals surface area contributed by atoms with Gasteiger partial charge in [-0.25, -0.2) is 8.42 Å². The molecular weight excluding hydrogens is 504 g/mol. The number of halogens is 1. The summed E-state index contributed by atoms with van der Waals surface area (Å²) >= 11 is 6.06. The lowest BCUT2D eigenvalue weighted by molar-refractivity contribution is 0.171. The van der Waals surface area contributed by atoms with Crippen LogP contribution in [0.1, 0.15) is 0 Å². The minimum absolute atomic E-state index is 0.0287. The van der Waals surface area contributed by atoms with Gasteiger partial charge in [-0.15, -0.1) is 0 Å². The van der Waals surface area contributed by atoms with Gasteiger partial charge in [-0.3, -0.25) is 9.44 Å². The van der Waals surface area contributed by atoms with Gasteiger partial charge in [0, 0.05) is 22.5 Å². The molecule has 0 radical (unpaired) electrons. The maximum absolute atomic E-state index is 13.0. The van der Waals surface area contributed by atoms with Crippen LogP contribution < -0.4 is 18.9 Å². The Hall–Kier alpha value is -3.41. The minimum Gasteiger partial charge on any atom is -0.486 e. The van der Waals surface area contributed by atoms with Crippen LogP contribution in [0.2, 0.25) is 5.02 Å². The average molecular weight is 521 g/mol. The largest absolute Gasteiger partial charge is 0.486 e. The first-order chi connectivity index (χ1) is 16.2. The van der Waals surface area contributed by atoms with E-state index < -0.39 is 20.0 Å². The predicted molar refractivity (Wildman–Crippen MR) is 127 cm³/mol. The average Bonchev–Trinajstić information content (AvgIpc) is 3.26. The maximum atomic E-state index is 13.0. The molecule has 1 aliphatic heterocycles. The van der Waals surface area contributed by atoms with E-state index in [-0.39, 0.29) is 26.4 Å². The molecule has 0 bridgehead atoms. The van der Waals surface area contributed by atoms with Crippen molar-refractivity contribution in [1.82, 2.24) is 0 Å². The number of nitrogens with one attached hydrogen (secondary N) is 2. The number of anilines is 2. The molecule has 1 aromatic heterocycles. The lowest BCUT2D eigenvalue weighted by atomic mass is 10.3. The summed E-state index contributed by atoms with van der Waals surface area (Å²) < 4.78 is 73.1. The molecule has 12 heteroatoms. The van der Waals surface area contributed by atoms with Gasteiger partial charge in [0.15, 0.2) is 11.5 Å². The Morgan fingerprint density at radius 3 is 2.26 bits per heavy atom. The van der Waals surface area contributed by atoms with Crippen LogP contribution in [-0.4, -0.2) is 30.0 Å². The Morgan fingerprint density at radius 2 is 1.47 bits per heavy atom. The molecular formula is C22H17ClN2O7S2. The van der Waals surface area contributed by atoms with Crippen molar-refractivity contribution in [2.24, 2.45) is 0 Å². The molecule has 0 saturated heterocycles. The molecule has 2 heterocycles. The standard InChI is InChI=1S/C22H17ClN2O7S2/c23-15-5-7-17(24-33(26,27)16-6-8-20-21(13-16)31-10-9-30-20)18(12-15)25-34(28,29)22-11-14-3-1-2-4-19(14)32-22/h1-8,11-13,24-25H,9-10H2. The monoisotopic (exact) mass is 520 g/mol. The van der Waals surface area contributed by atoms with Crippen molar-refractivity contribution < 1.29 is 30.7 Å². The van der Waals surface area contributed by atoms with Crippen LogP contribution in [0, 0.1) is 0 Å². The zero-order valence-corrected chi connectivity index (χ0v) is 19.7. The van der Waals surface area contributed by atoms with Gasteiger partial charge in [0.1, 0.15) is 18.8 Å². The second-order valence-corrected chi connectivity index (χ2v) is 11.0. The molecule has 176 valence electrons. The van der Waals surface area contributed by atoms with Gasteiger partial charge in [-0.2, -0.15) is 8.42 Å². The van der Waals surface area contributed by atoms with Crippen molar-refractivity contribution in [1.29, 1.82) is 0 Å². The van der Waals surface area contributed by atoms with E-state index in [0.717, 1.165) is 0 Å². The first-order valence-corrected chi connectivity index (χ1v) is 13.3. The smallest absolute Gasteiger partial charge is 0.295 e. The number of furan rings is 1. The second kappa shape index (κ2) is 8.42. The first-order valence-electron chi connectivity index (χ1n) is 9.95. The number of hydrogen-bond donors (Lipinski definition) is 2. The van der Waals surface area contributed by atoms with Crippen molar-refractivity contribution in [3.05, 3.63) is 71.8 Å². The van der Waals surface area contributed by atoms with Gasteiger partial charge in [0.05, 0.1) is 16.3 Å². The van der Waals surface area contributed by atoms with Crippen LogP contribution in [0.25, 0.3) is 11.0 Å². The summed E-state index contributed by atoms with van der Waals surface area (Å²) in [5.74, 6) is 0.743. The van der Waals surface area contributed by atoms with Crippen LogP contribution >= 0.6 is 11.6 Å². The Bertz CT molecular complexity index is 1580. The van der Waals surface area contributed by atoms with Gasteiger partial charge < -0.3 is 13.9 Å².